The largest absolute Gasteiger partial charge is 0.357 e. The van der Waals surface area contributed by atoms with Gasteiger partial charge in [0.1, 0.15) is 11.9 Å². The second-order valence-corrected chi connectivity index (χ2v) is 7.84. The van der Waals surface area contributed by atoms with Gasteiger partial charge < -0.3 is 5.32 Å². The van der Waals surface area contributed by atoms with Crippen molar-refractivity contribution >= 4 is 52.2 Å². The molecule has 0 bridgehead atoms. The van der Waals surface area contributed by atoms with Crippen LogP contribution in [0.25, 0.3) is 6.08 Å². The highest BCUT2D eigenvalue weighted by Gasteiger charge is 2.39. The first kappa shape index (κ1) is 22.3. The molecular formula is C22H14Cl2N4O5. The molecule has 166 valence electrons. The van der Waals surface area contributed by atoms with Crippen LogP contribution in [0.5, 0.6) is 0 Å². The quantitative estimate of drug-likeness (QED) is 0.290. The molecule has 0 aromatic heterocycles. The van der Waals surface area contributed by atoms with Crippen molar-refractivity contribution < 1.29 is 14.6 Å². The maximum atomic E-state index is 13.5. The standard InChI is InChI=1S/C22H14Cl2N4O5/c23-16-11-15(27(30)31)12-17(24)20(16)26-21(13-6-2-1-3-7-13)25-18(22(26)29)10-14-8-4-5-9-19(14)28(32)33/h1-12,21,25H. The van der Waals surface area contributed by atoms with Crippen LogP contribution < -0.4 is 10.2 Å². The number of nitro benzene ring substituents is 2. The Morgan fingerprint density at radius 2 is 1.52 bits per heavy atom. The Morgan fingerprint density at radius 1 is 0.909 bits per heavy atom. The van der Waals surface area contributed by atoms with Crippen LogP contribution in [0.1, 0.15) is 17.3 Å². The molecule has 0 aliphatic carbocycles. The molecule has 0 spiro atoms. The summed E-state index contributed by atoms with van der Waals surface area (Å²) >= 11 is 12.7. The number of non-ortho nitro benzene ring substituents is 1. The third-order valence-electron chi connectivity index (χ3n) is 5.00. The normalized spacial score (nSPS) is 16.7. The zero-order chi connectivity index (χ0) is 23.7. The van der Waals surface area contributed by atoms with Gasteiger partial charge in [0.05, 0.1) is 31.1 Å². The Hall–Kier alpha value is -3.95. The number of para-hydroxylation sites is 1. The van der Waals surface area contributed by atoms with E-state index >= 15 is 0 Å². The number of carbonyl (C=O) groups excluding carboxylic acids is 1. The molecule has 1 aliphatic heterocycles. The summed E-state index contributed by atoms with van der Waals surface area (Å²) < 4.78 is 0. The third kappa shape index (κ3) is 4.23. The van der Waals surface area contributed by atoms with Crippen LogP contribution in [0, 0.1) is 20.2 Å². The molecule has 0 radical (unpaired) electrons. The van der Waals surface area contributed by atoms with Gasteiger partial charge in [-0.25, -0.2) is 0 Å². The molecule has 1 N–H and O–H groups in total. The topological polar surface area (TPSA) is 119 Å². The molecule has 9 nitrogen and oxygen atoms in total. The average molecular weight is 485 g/mol. The number of nitro groups is 2. The summed E-state index contributed by atoms with van der Waals surface area (Å²) in [7, 11) is 0. The Bertz CT molecular complexity index is 1290. The first-order valence-corrected chi connectivity index (χ1v) is 10.3. The predicted octanol–water partition coefficient (Wildman–Crippen LogP) is 5.49. The lowest BCUT2D eigenvalue weighted by atomic mass is 10.1. The Morgan fingerprint density at radius 3 is 2.12 bits per heavy atom. The van der Waals surface area contributed by atoms with Gasteiger partial charge in [0.25, 0.3) is 17.3 Å². The third-order valence-corrected chi connectivity index (χ3v) is 5.58. The molecule has 1 fully saturated rings. The van der Waals surface area contributed by atoms with Gasteiger partial charge in [0.15, 0.2) is 0 Å². The molecule has 0 saturated carbocycles. The van der Waals surface area contributed by atoms with Gasteiger partial charge in [-0.15, -0.1) is 0 Å². The highest BCUT2D eigenvalue weighted by molar-refractivity contribution is 6.40. The van der Waals surface area contributed by atoms with E-state index in [0.29, 0.717) is 5.56 Å². The summed E-state index contributed by atoms with van der Waals surface area (Å²) in [5, 5.41) is 25.5. The Kier molecular flexibility index (Phi) is 5.99. The van der Waals surface area contributed by atoms with Crippen LogP contribution in [0.15, 0.2) is 72.4 Å². The van der Waals surface area contributed by atoms with E-state index in [-0.39, 0.29) is 38.4 Å². The average Bonchev–Trinajstić information content (AvgIpc) is 3.10. The van der Waals surface area contributed by atoms with E-state index in [1.807, 2.05) is 0 Å². The van der Waals surface area contributed by atoms with E-state index in [2.05, 4.69) is 5.32 Å². The smallest absolute Gasteiger partial charge is 0.276 e. The number of benzene rings is 3. The van der Waals surface area contributed by atoms with Crippen molar-refractivity contribution in [2.75, 3.05) is 4.90 Å². The maximum Gasteiger partial charge on any atom is 0.276 e. The number of halogens is 2. The summed E-state index contributed by atoms with van der Waals surface area (Å²) in [4.78, 5) is 36.1. The van der Waals surface area contributed by atoms with Crippen LogP contribution in [0.4, 0.5) is 17.1 Å². The lowest BCUT2D eigenvalue weighted by Crippen LogP contribution is -2.30. The molecule has 1 saturated heterocycles. The van der Waals surface area contributed by atoms with Crippen LogP contribution in [-0.4, -0.2) is 15.8 Å². The van der Waals surface area contributed by atoms with Crippen LogP contribution >= 0.6 is 23.2 Å². The summed E-state index contributed by atoms with van der Waals surface area (Å²) in [6, 6.07) is 17.1. The summed E-state index contributed by atoms with van der Waals surface area (Å²) in [5.74, 6) is -0.556. The summed E-state index contributed by atoms with van der Waals surface area (Å²) in [5.41, 5.74) is 0.584. The number of carbonyl (C=O) groups is 1. The van der Waals surface area contributed by atoms with E-state index in [1.54, 1.807) is 36.4 Å². The zero-order valence-electron chi connectivity index (χ0n) is 16.6. The van der Waals surface area contributed by atoms with Crippen LogP contribution in [0.2, 0.25) is 10.0 Å². The van der Waals surface area contributed by atoms with Crippen molar-refractivity contribution in [3.8, 4) is 0 Å². The zero-order valence-corrected chi connectivity index (χ0v) is 18.2. The van der Waals surface area contributed by atoms with Crippen molar-refractivity contribution in [3.63, 3.8) is 0 Å². The second kappa shape index (κ2) is 8.89. The number of nitrogens with one attached hydrogen (secondary N) is 1. The lowest BCUT2D eigenvalue weighted by molar-refractivity contribution is -0.385. The second-order valence-electron chi connectivity index (χ2n) is 7.02. The van der Waals surface area contributed by atoms with E-state index in [1.165, 1.54) is 29.2 Å². The summed E-state index contributed by atoms with van der Waals surface area (Å²) in [6.45, 7) is 0. The van der Waals surface area contributed by atoms with Crippen molar-refractivity contribution in [1.82, 2.24) is 5.32 Å². The van der Waals surface area contributed by atoms with Crippen molar-refractivity contribution in [2.45, 2.75) is 6.17 Å². The first-order chi connectivity index (χ1) is 15.8. The van der Waals surface area contributed by atoms with E-state index in [9.17, 15) is 25.0 Å². The van der Waals surface area contributed by atoms with Crippen molar-refractivity contribution in [1.29, 1.82) is 0 Å². The van der Waals surface area contributed by atoms with E-state index < -0.39 is 21.9 Å². The van der Waals surface area contributed by atoms with E-state index in [0.717, 1.165) is 12.1 Å². The Balaban J connectivity index is 1.86. The molecule has 11 heteroatoms. The number of hydrogen-bond donors (Lipinski definition) is 1. The molecule has 1 heterocycles. The van der Waals surface area contributed by atoms with Crippen molar-refractivity contribution in [2.24, 2.45) is 0 Å². The van der Waals surface area contributed by atoms with Gasteiger partial charge in [0, 0.05) is 18.2 Å². The highest BCUT2D eigenvalue weighted by atomic mass is 35.5. The van der Waals surface area contributed by atoms with Gasteiger partial charge in [-0.05, 0) is 17.7 Å². The fourth-order valence-corrected chi connectivity index (χ4v) is 4.20. The fourth-order valence-electron chi connectivity index (χ4n) is 3.54. The van der Waals surface area contributed by atoms with Gasteiger partial charge in [0.2, 0.25) is 0 Å². The minimum absolute atomic E-state index is 0.0728. The molecule has 3 aromatic rings. The molecule has 1 unspecified atom stereocenters. The summed E-state index contributed by atoms with van der Waals surface area (Å²) in [6.07, 6.45) is 0.619. The molecule has 1 aliphatic rings. The van der Waals surface area contributed by atoms with Gasteiger partial charge in [-0.1, -0.05) is 65.7 Å². The lowest BCUT2D eigenvalue weighted by Gasteiger charge is -2.25. The number of anilines is 1. The van der Waals surface area contributed by atoms with Crippen LogP contribution in [0.3, 0.4) is 0 Å². The molecule has 3 aromatic carbocycles. The maximum absolute atomic E-state index is 13.5. The minimum Gasteiger partial charge on any atom is -0.357 e. The predicted molar refractivity (Wildman–Crippen MR) is 124 cm³/mol. The molecular weight excluding hydrogens is 471 g/mol. The number of nitrogens with zero attached hydrogens (tertiary/aromatic N) is 3. The van der Waals surface area contributed by atoms with Gasteiger partial charge in [-0.2, -0.15) is 0 Å². The van der Waals surface area contributed by atoms with Crippen LogP contribution in [-0.2, 0) is 4.79 Å². The molecule has 33 heavy (non-hydrogen) atoms. The molecule has 4 rings (SSSR count). The number of rotatable bonds is 5. The SMILES string of the molecule is O=C1C(=Cc2ccccc2[N+](=O)[O-])NC(c2ccccc2)N1c1c(Cl)cc([N+](=O)[O-])cc1Cl. The number of hydrogen-bond acceptors (Lipinski definition) is 6. The fraction of sp³-hybridized carbons (Fsp3) is 0.0455. The van der Waals surface area contributed by atoms with Crippen molar-refractivity contribution in [3.05, 3.63) is 114 Å². The molecule has 1 amide bonds. The number of amides is 1. The van der Waals surface area contributed by atoms with E-state index in [4.69, 9.17) is 23.2 Å². The van der Waals surface area contributed by atoms with Gasteiger partial charge in [-0.3, -0.25) is 29.9 Å². The minimum atomic E-state index is -0.760. The monoisotopic (exact) mass is 484 g/mol. The Labute approximate surface area is 197 Å². The first-order valence-electron chi connectivity index (χ1n) is 9.51. The molecule has 1 atom stereocenters. The highest BCUT2D eigenvalue weighted by Crippen LogP contribution is 2.43. The van der Waals surface area contributed by atoms with Gasteiger partial charge >= 0.3 is 0 Å².